The molecule has 0 saturated heterocycles. The van der Waals surface area contributed by atoms with E-state index in [0.29, 0.717) is 5.39 Å². The first-order chi connectivity index (χ1) is 11.5. The standard InChI is InChI=1S/C18H16N4O2/c1-10(2)22-16-7-12(6-14(18(23)24)15(16)9-21-22)13-5-11-3-4-19-17(11)20-8-13/h3-10H,1-2H3,(H,19,20)(H,23,24). The van der Waals surface area contributed by atoms with Gasteiger partial charge in [0.2, 0.25) is 0 Å². The molecule has 0 amide bonds. The van der Waals surface area contributed by atoms with Gasteiger partial charge in [-0.15, -0.1) is 0 Å². The lowest BCUT2D eigenvalue weighted by Gasteiger charge is -2.10. The zero-order chi connectivity index (χ0) is 16.8. The first kappa shape index (κ1) is 14.4. The van der Waals surface area contributed by atoms with Crippen LogP contribution >= 0.6 is 0 Å². The van der Waals surface area contributed by atoms with Crippen LogP contribution in [0.2, 0.25) is 0 Å². The lowest BCUT2D eigenvalue weighted by atomic mass is 10.0. The molecule has 24 heavy (non-hydrogen) atoms. The van der Waals surface area contributed by atoms with Crippen LogP contribution < -0.4 is 0 Å². The predicted molar refractivity (Wildman–Crippen MR) is 92.2 cm³/mol. The highest BCUT2D eigenvalue weighted by Crippen LogP contribution is 2.30. The number of carboxylic acid groups (broad SMARTS) is 1. The van der Waals surface area contributed by atoms with Crippen molar-refractivity contribution in [3.63, 3.8) is 0 Å². The van der Waals surface area contributed by atoms with Crippen LogP contribution in [-0.2, 0) is 0 Å². The number of H-pyrrole nitrogens is 1. The van der Waals surface area contributed by atoms with Crippen molar-refractivity contribution in [3.05, 3.63) is 48.4 Å². The van der Waals surface area contributed by atoms with Gasteiger partial charge in [-0.25, -0.2) is 9.78 Å². The number of carboxylic acids is 1. The molecule has 6 nitrogen and oxygen atoms in total. The molecular formula is C18H16N4O2. The Morgan fingerprint density at radius 1 is 1.21 bits per heavy atom. The molecule has 120 valence electrons. The summed E-state index contributed by atoms with van der Waals surface area (Å²) in [5.74, 6) is -0.958. The Bertz CT molecular complexity index is 1080. The molecule has 1 aromatic carbocycles. The molecule has 0 unspecified atom stereocenters. The van der Waals surface area contributed by atoms with Crippen molar-refractivity contribution in [1.29, 1.82) is 0 Å². The number of fused-ring (bicyclic) bond motifs is 2. The SMILES string of the molecule is CC(C)n1ncc2c(C(=O)O)cc(-c3cnc4[nH]ccc4c3)cc21. The van der Waals surface area contributed by atoms with Crippen molar-refractivity contribution in [1.82, 2.24) is 19.7 Å². The average Bonchev–Trinajstić information content (AvgIpc) is 3.19. The largest absolute Gasteiger partial charge is 0.478 e. The van der Waals surface area contributed by atoms with E-state index in [-0.39, 0.29) is 11.6 Å². The zero-order valence-corrected chi connectivity index (χ0v) is 13.3. The van der Waals surface area contributed by atoms with Crippen LogP contribution in [0.1, 0.15) is 30.2 Å². The molecule has 0 atom stereocenters. The van der Waals surface area contributed by atoms with Gasteiger partial charge in [-0.3, -0.25) is 4.68 Å². The number of carbonyl (C=O) groups is 1. The number of hydrogen-bond acceptors (Lipinski definition) is 3. The highest BCUT2D eigenvalue weighted by molar-refractivity contribution is 6.04. The summed E-state index contributed by atoms with van der Waals surface area (Å²) in [6.07, 6.45) is 5.21. The van der Waals surface area contributed by atoms with E-state index in [4.69, 9.17) is 0 Å². The summed E-state index contributed by atoms with van der Waals surface area (Å²) in [5.41, 5.74) is 3.57. The second-order valence-corrected chi connectivity index (χ2v) is 6.08. The third-order valence-corrected chi connectivity index (χ3v) is 4.17. The molecule has 4 rings (SSSR count). The first-order valence-corrected chi connectivity index (χ1v) is 7.72. The van der Waals surface area contributed by atoms with Crippen LogP contribution in [0.4, 0.5) is 0 Å². The average molecular weight is 320 g/mol. The second-order valence-electron chi connectivity index (χ2n) is 6.08. The van der Waals surface area contributed by atoms with E-state index in [9.17, 15) is 9.90 Å². The topological polar surface area (TPSA) is 83.8 Å². The monoisotopic (exact) mass is 320 g/mol. The van der Waals surface area contributed by atoms with Gasteiger partial charge in [0.15, 0.2) is 0 Å². The van der Waals surface area contributed by atoms with Gasteiger partial charge in [-0.2, -0.15) is 5.10 Å². The maximum absolute atomic E-state index is 11.7. The Labute approximate surface area is 137 Å². The van der Waals surface area contributed by atoms with Gasteiger partial charge in [0, 0.05) is 34.8 Å². The number of benzene rings is 1. The summed E-state index contributed by atoms with van der Waals surface area (Å²) < 4.78 is 1.84. The third kappa shape index (κ3) is 2.15. The number of hydrogen-bond donors (Lipinski definition) is 2. The van der Waals surface area contributed by atoms with Crippen molar-refractivity contribution in [3.8, 4) is 11.1 Å². The van der Waals surface area contributed by atoms with Crippen molar-refractivity contribution in [2.45, 2.75) is 19.9 Å². The fourth-order valence-electron chi connectivity index (χ4n) is 3.00. The fourth-order valence-corrected chi connectivity index (χ4v) is 3.00. The van der Waals surface area contributed by atoms with Crippen molar-refractivity contribution in [2.75, 3.05) is 0 Å². The summed E-state index contributed by atoms with van der Waals surface area (Å²) >= 11 is 0. The van der Waals surface area contributed by atoms with E-state index >= 15 is 0 Å². The number of pyridine rings is 1. The highest BCUT2D eigenvalue weighted by atomic mass is 16.4. The molecule has 4 aromatic rings. The van der Waals surface area contributed by atoms with Crippen LogP contribution in [0.15, 0.2) is 42.9 Å². The number of nitrogens with zero attached hydrogens (tertiary/aromatic N) is 3. The first-order valence-electron chi connectivity index (χ1n) is 7.72. The number of aromatic nitrogens is 4. The number of aromatic carboxylic acids is 1. The number of aromatic amines is 1. The molecule has 3 aromatic heterocycles. The normalized spacial score (nSPS) is 11.6. The smallest absolute Gasteiger partial charge is 0.336 e. The Morgan fingerprint density at radius 3 is 2.79 bits per heavy atom. The number of nitrogens with one attached hydrogen (secondary N) is 1. The Morgan fingerprint density at radius 2 is 2.04 bits per heavy atom. The Kier molecular flexibility index (Phi) is 3.13. The quantitative estimate of drug-likeness (QED) is 0.600. The van der Waals surface area contributed by atoms with Crippen molar-refractivity contribution >= 4 is 27.9 Å². The fraction of sp³-hybridized carbons (Fsp3) is 0.167. The molecule has 3 heterocycles. The van der Waals surface area contributed by atoms with Crippen LogP contribution in [0.5, 0.6) is 0 Å². The molecule has 0 aliphatic heterocycles. The van der Waals surface area contributed by atoms with Crippen molar-refractivity contribution < 1.29 is 9.90 Å². The van der Waals surface area contributed by atoms with Gasteiger partial charge in [0.05, 0.1) is 17.3 Å². The van der Waals surface area contributed by atoms with Gasteiger partial charge in [-0.05, 0) is 43.7 Å². The third-order valence-electron chi connectivity index (χ3n) is 4.17. The maximum atomic E-state index is 11.7. The molecule has 6 heteroatoms. The van der Waals surface area contributed by atoms with Crippen LogP contribution in [0.3, 0.4) is 0 Å². The Balaban J connectivity index is 2.00. The molecule has 0 spiro atoms. The van der Waals surface area contributed by atoms with Crippen LogP contribution in [0.25, 0.3) is 33.1 Å². The Hall–Kier alpha value is -3.15. The summed E-state index contributed by atoms with van der Waals surface area (Å²) in [4.78, 5) is 19.1. The summed E-state index contributed by atoms with van der Waals surface area (Å²) in [6.45, 7) is 4.04. The predicted octanol–water partition coefficient (Wildman–Crippen LogP) is 3.86. The lowest BCUT2D eigenvalue weighted by molar-refractivity contribution is 0.0699. The molecule has 0 bridgehead atoms. The van der Waals surface area contributed by atoms with Gasteiger partial charge in [0.25, 0.3) is 0 Å². The van der Waals surface area contributed by atoms with Crippen LogP contribution in [0, 0.1) is 0 Å². The molecule has 0 radical (unpaired) electrons. The summed E-state index contributed by atoms with van der Waals surface area (Å²) in [5, 5.41) is 15.6. The van der Waals surface area contributed by atoms with Gasteiger partial charge in [-0.1, -0.05) is 0 Å². The zero-order valence-electron chi connectivity index (χ0n) is 13.3. The summed E-state index contributed by atoms with van der Waals surface area (Å²) in [6, 6.07) is 7.75. The molecule has 0 aliphatic carbocycles. The van der Waals surface area contributed by atoms with Crippen LogP contribution in [-0.4, -0.2) is 30.8 Å². The molecule has 0 aliphatic rings. The second kappa shape index (κ2) is 5.19. The maximum Gasteiger partial charge on any atom is 0.336 e. The minimum Gasteiger partial charge on any atom is -0.478 e. The minimum atomic E-state index is -0.958. The molecular weight excluding hydrogens is 304 g/mol. The van der Waals surface area contributed by atoms with E-state index in [1.54, 1.807) is 18.5 Å². The van der Waals surface area contributed by atoms with E-state index in [1.165, 1.54) is 0 Å². The molecule has 2 N–H and O–H groups in total. The van der Waals surface area contributed by atoms with E-state index in [0.717, 1.165) is 27.7 Å². The minimum absolute atomic E-state index is 0.143. The number of rotatable bonds is 3. The van der Waals surface area contributed by atoms with Gasteiger partial charge < -0.3 is 10.1 Å². The van der Waals surface area contributed by atoms with Gasteiger partial charge in [0.1, 0.15) is 5.65 Å². The van der Waals surface area contributed by atoms with Gasteiger partial charge >= 0.3 is 5.97 Å². The summed E-state index contributed by atoms with van der Waals surface area (Å²) in [7, 11) is 0. The molecule has 0 fully saturated rings. The lowest BCUT2D eigenvalue weighted by Crippen LogP contribution is -2.03. The highest BCUT2D eigenvalue weighted by Gasteiger charge is 2.16. The van der Waals surface area contributed by atoms with E-state index < -0.39 is 5.97 Å². The van der Waals surface area contributed by atoms with E-state index in [1.807, 2.05) is 42.9 Å². The van der Waals surface area contributed by atoms with Crippen molar-refractivity contribution in [2.24, 2.45) is 0 Å². The van der Waals surface area contributed by atoms with E-state index in [2.05, 4.69) is 15.1 Å². The molecule has 0 saturated carbocycles.